The maximum Gasteiger partial charge on any atom is 0.255 e. The molecule has 7 heteroatoms. The van der Waals surface area contributed by atoms with Crippen molar-refractivity contribution < 1.29 is 9.18 Å². The molecule has 1 atom stereocenters. The van der Waals surface area contributed by atoms with Crippen LogP contribution in [0.1, 0.15) is 29.8 Å². The van der Waals surface area contributed by atoms with E-state index in [1.165, 1.54) is 12.1 Å². The second kappa shape index (κ2) is 7.90. The molecule has 2 heterocycles. The summed E-state index contributed by atoms with van der Waals surface area (Å²) in [6.45, 7) is 3.45. The smallest absolute Gasteiger partial charge is 0.255 e. The number of carbonyl (C=O) groups excluding carboxylic acids is 1. The first-order valence-corrected chi connectivity index (χ1v) is 8.49. The topological polar surface area (TPSA) is 87.7 Å². The van der Waals surface area contributed by atoms with Crippen molar-refractivity contribution in [1.82, 2.24) is 20.3 Å². The van der Waals surface area contributed by atoms with Crippen molar-refractivity contribution in [3.63, 3.8) is 0 Å². The minimum absolute atomic E-state index is 0.107. The number of hydrogen-bond donors (Lipinski definition) is 2. The number of hydrogen-bond acceptors (Lipinski definition) is 4. The molecule has 0 bridgehead atoms. The molecule has 27 heavy (non-hydrogen) atoms. The van der Waals surface area contributed by atoms with Gasteiger partial charge in [-0.25, -0.2) is 9.37 Å². The van der Waals surface area contributed by atoms with E-state index in [-0.39, 0.29) is 29.7 Å². The molecule has 3 aromatic rings. The second-order valence-electron chi connectivity index (χ2n) is 6.24. The zero-order valence-electron chi connectivity index (χ0n) is 15.0. The van der Waals surface area contributed by atoms with Crippen LogP contribution in [0.3, 0.4) is 0 Å². The van der Waals surface area contributed by atoms with E-state index >= 15 is 0 Å². The number of nitrogens with zero attached hydrogens (tertiary/aromatic N) is 2. The van der Waals surface area contributed by atoms with Gasteiger partial charge in [0.15, 0.2) is 0 Å². The second-order valence-corrected chi connectivity index (χ2v) is 6.24. The molecule has 0 aliphatic carbocycles. The Morgan fingerprint density at radius 3 is 2.67 bits per heavy atom. The Morgan fingerprint density at radius 2 is 2.00 bits per heavy atom. The third-order valence-corrected chi connectivity index (χ3v) is 4.24. The summed E-state index contributed by atoms with van der Waals surface area (Å²) in [7, 11) is 0. The van der Waals surface area contributed by atoms with Gasteiger partial charge in [0.25, 0.3) is 5.56 Å². The van der Waals surface area contributed by atoms with Gasteiger partial charge >= 0.3 is 0 Å². The predicted octanol–water partition coefficient (Wildman–Crippen LogP) is 2.70. The van der Waals surface area contributed by atoms with Gasteiger partial charge < -0.3 is 10.3 Å². The van der Waals surface area contributed by atoms with Crippen molar-refractivity contribution in [3.8, 4) is 11.4 Å². The van der Waals surface area contributed by atoms with Crippen LogP contribution in [0.15, 0.2) is 53.6 Å². The molecule has 0 saturated carbocycles. The number of pyridine rings is 1. The van der Waals surface area contributed by atoms with E-state index in [2.05, 4.69) is 20.3 Å². The van der Waals surface area contributed by atoms with Crippen LogP contribution in [0.5, 0.6) is 0 Å². The highest BCUT2D eigenvalue weighted by atomic mass is 19.1. The van der Waals surface area contributed by atoms with Crippen molar-refractivity contribution in [1.29, 1.82) is 0 Å². The molecule has 0 aliphatic heterocycles. The van der Waals surface area contributed by atoms with Crippen LogP contribution in [-0.4, -0.2) is 20.9 Å². The van der Waals surface area contributed by atoms with Gasteiger partial charge in [-0.3, -0.25) is 14.6 Å². The number of rotatable bonds is 5. The average molecular weight is 366 g/mol. The number of halogens is 1. The number of aryl methyl sites for hydroxylation is 1. The maximum atomic E-state index is 13.3. The number of nitrogens with one attached hydrogen (secondary N) is 2. The summed E-state index contributed by atoms with van der Waals surface area (Å²) in [5, 5.41) is 2.78. The molecule has 138 valence electrons. The Labute approximate surface area is 155 Å². The van der Waals surface area contributed by atoms with Crippen LogP contribution >= 0.6 is 0 Å². The zero-order valence-corrected chi connectivity index (χ0v) is 15.0. The molecule has 3 rings (SSSR count). The van der Waals surface area contributed by atoms with E-state index in [1.807, 2.05) is 0 Å². The Bertz CT molecular complexity index is 1020. The first-order valence-electron chi connectivity index (χ1n) is 8.49. The van der Waals surface area contributed by atoms with Gasteiger partial charge in [-0.15, -0.1) is 0 Å². The molecule has 0 radical (unpaired) electrons. The molecule has 0 aliphatic rings. The molecule has 0 fully saturated rings. The summed E-state index contributed by atoms with van der Waals surface area (Å²) in [6, 6.07) is 9.14. The molecule has 0 spiro atoms. The highest BCUT2D eigenvalue weighted by Crippen LogP contribution is 2.15. The lowest BCUT2D eigenvalue weighted by atomic mass is 10.1. The molecule has 0 saturated heterocycles. The van der Waals surface area contributed by atoms with Crippen LogP contribution in [0.4, 0.5) is 4.39 Å². The fourth-order valence-corrected chi connectivity index (χ4v) is 2.78. The van der Waals surface area contributed by atoms with Crippen LogP contribution in [0.2, 0.25) is 0 Å². The number of carbonyl (C=O) groups is 1. The molecule has 2 N–H and O–H groups in total. The number of aromatic nitrogens is 3. The number of H-pyrrole nitrogens is 1. The lowest BCUT2D eigenvalue weighted by Crippen LogP contribution is -2.31. The van der Waals surface area contributed by atoms with Crippen LogP contribution in [-0.2, 0) is 11.2 Å². The van der Waals surface area contributed by atoms with Crippen molar-refractivity contribution >= 4 is 5.91 Å². The third kappa shape index (κ3) is 4.44. The van der Waals surface area contributed by atoms with Crippen LogP contribution in [0, 0.1) is 12.7 Å². The minimum atomic E-state index is -0.378. The van der Waals surface area contributed by atoms with E-state index in [4.69, 9.17) is 0 Å². The van der Waals surface area contributed by atoms with E-state index < -0.39 is 0 Å². The largest absolute Gasteiger partial charge is 0.349 e. The van der Waals surface area contributed by atoms with Crippen LogP contribution < -0.4 is 10.9 Å². The molecule has 6 nitrogen and oxygen atoms in total. The normalized spacial score (nSPS) is 11.8. The Balaban J connectivity index is 1.75. The van der Waals surface area contributed by atoms with Gasteiger partial charge in [0, 0.05) is 29.2 Å². The SMILES string of the molecule is Cc1nc(-c2ccncc2)[nH]c(=O)c1CC(=O)NC(C)c1cccc(F)c1. The summed E-state index contributed by atoms with van der Waals surface area (Å²) in [4.78, 5) is 35.8. The van der Waals surface area contributed by atoms with Crippen molar-refractivity contribution in [2.24, 2.45) is 0 Å². The number of aromatic amines is 1. The van der Waals surface area contributed by atoms with E-state index in [1.54, 1.807) is 50.5 Å². The third-order valence-electron chi connectivity index (χ3n) is 4.24. The summed E-state index contributed by atoms with van der Waals surface area (Å²) < 4.78 is 13.3. The van der Waals surface area contributed by atoms with Gasteiger partial charge in [-0.05, 0) is 43.7 Å². The molecule has 1 unspecified atom stereocenters. The quantitative estimate of drug-likeness (QED) is 0.727. The standard InChI is InChI=1S/C20H19FN4O2/c1-12(15-4-3-5-16(21)10-15)23-18(26)11-17-13(2)24-19(25-20(17)27)14-6-8-22-9-7-14/h3-10,12H,11H2,1-2H3,(H,23,26)(H,24,25,27). The van der Waals surface area contributed by atoms with Gasteiger partial charge in [0.2, 0.25) is 5.91 Å². The fourth-order valence-electron chi connectivity index (χ4n) is 2.78. The first kappa shape index (κ1) is 18.4. The molecule has 1 aromatic carbocycles. The van der Waals surface area contributed by atoms with Gasteiger partial charge in [0.05, 0.1) is 12.5 Å². The molecular weight excluding hydrogens is 347 g/mol. The number of amides is 1. The van der Waals surface area contributed by atoms with Gasteiger partial charge in [-0.1, -0.05) is 12.1 Å². The summed E-state index contributed by atoms with van der Waals surface area (Å²) in [5.74, 6) is -0.271. The fraction of sp³-hybridized carbons (Fsp3) is 0.200. The Hall–Kier alpha value is -3.35. The Morgan fingerprint density at radius 1 is 1.26 bits per heavy atom. The van der Waals surface area contributed by atoms with Crippen molar-refractivity contribution in [3.05, 3.63) is 81.8 Å². The summed E-state index contributed by atoms with van der Waals surface area (Å²) >= 11 is 0. The maximum absolute atomic E-state index is 13.3. The van der Waals surface area contributed by atoms with Gasteiger partial charge in [-0.2, -0.15) is 0 Å². The highest BCUT2D eigenvalue weighted by Gasteiger charge is 2.16. The van der Waals surface area contributed by atoms with E-state index in [0.29, 0.717) is 22.6 Å². The molecule has 2 aromatic heterocycles. The zero-order chi connectivity index (χ0) is 19.4. The Kier molecular flexibility index (Phi) is 5.40. The molecule has 1 amide bonds. The van der Waals surface area contributed by atoms with Gasteiger partial charge in [0.1, 0.15) is 11.6 Å². The minimum Gasteiger partial charge on any atom is -0.349 e. The first-order chi connectivity index (χ1) is 12.9. The van der Waals surface area contributed by atoms with E-state index in [9.17, 15) is 14.0 Å². The predicted molar refractivity (Wildman–Crippen MR) is 99.5 cm³/mol. The lowest BCUT2D eigenvalue weighted by Gasteiger charge is -2.15. The lowest BCUT2D eigenvalue weighted by molar-refractivity contribution is -0.121. The average Bonchev–Trinajstić information content (AvgIpc) is 2.65. The van der Waals surface area contributed by atoms with Crippen LogP contribution in [0.25, 0.3) is 11.4 Å². The van der Waals surface area contributed by atoms with E-state index in [0.717, 1.165) is 5.56 Å². The highest BCUT2D eigenvalue weighted by molar-refractivity contribution is 5.79. The monoisotopic (exact) mass is 366 g/mol. The number of benzene rings is 1. The summed E-state index contributed by atoms with van der Waals surface area (Å²) in [6.07, 6.45) is 3.12. The van der Waals surface area contributed by atoms with Crippen molar-refractivity contribution in [2.75, 3.05) is 0 Å². The van der Waals surface area contributed by atoms with Crippen molar-refractivity contribution in [2.45, 2.75) is 26.3 Å². The summed E-state index contributed by atoms with van der Waals surface area (Å²) in [5.41, 5.74) is 1.82. The molecular formula is C20H19FN4O2.